The van der Waals surface area contributed by atoms with Crippen molar-refractivity contribution >= 4 is 15.5 Å². The molecule has 0 aliphatic carbocycles. The highest BCUT2D eigenvalue weighted by Crippen LogP contribution is 2.22. The van der Waals surface area contributed by atoms with Gasteiger partial charge in [-0.2, -0.15) is 0 Å². The van der Waals surface area contributed by atoms with Crippen LogP contribution in [0.1, 0.15) is 13.8 Å². The molecule has 5 heteroatoms. The largest absolute Gasteiger partial charge is 0.369 e. The summed E-state index contributed by atoms with van der Waals surface area (Å²) < 4.78 is 24.0. The average molecular weight is 268 g/mol. The summed E-state index contributed by atoms with van der Waals surface area (Å²) in [6.07, 6.45) is 0. The van der Waals surface area contributed by atoms with Crippen molar-refractivity contribution in [2.45, 2.75) is 30.0 Å². The van der Waals surface area contributed by atoms with E-state index < -0.39 is 9.84 Å². The number of benzene rings is 1. The zero-order chi connectivity index (χ0) is 13.3. The minimum atomic E-state index is -3.16. The molecule has 100 valence electrons. The van der Waals surface area contributed by atoms with Gasteiger partial charge in [-0.25, -0.2) is 8.42 Å². The lowest BCUT2D eigenvalue weighted by atomic mass is 10.1. The monoisotopic (exact) mass is 268 g/mol. The van der Waals surface area contributed by atoms with Crippen LogP contribution in [0.3, 0.4) is 0 Å². The van der Waals surface area contributed by atoms with Gasteiger partial charge in [-0.3, -0.25) is 0 Å². The number of hydrogen-bond acceptors (Lipinski definition) is 4. The van der Waals surface area contributed by atoms with Gasteiger partial charge in [-0.05, 0) is 38.1 Å². The Balaban J connectivity index is 2.20. The van der Waals surface area contributed by atoms with E-state index in [1.807, 2.05) is 19.2 Å². The average Bonchev–Trinajstić information content (AvgIpc) is 2.26. The topological polar surface area (TPSA) is 49.4 Å². The lowest BCUT2D eigenvalue weighted by molar-refractivity contribution is 0.428. The SMILES string of the molecule is CC(C)S(=O)(=O)c1ccc(N(C)C2CNC2)cc1. The highest BCUT2D eigenvalue weighted by atomic mass is 32.2. The highest BCUT2D eigenvalue weighted by Gasteiger charge is 2.23. The standard InChI is InChI=1S/C13H20N2O2S/c1-10(2)18(16,17)13-6-4-11(5-7-13)15(3)12-8-14-9-12/h4-7,10,12,14H,8-9H2,1-3H3. The summed E-state index contributed by atoms with van der Waals surface area (Å²) in [5.74, 6) is 0. The number of likely N-dealkylation sites (N-methyl/N-ethyl adjacent to an activating group) is 1. The van der Waals surface area contributed by atoms with Crippen molar-refractivity contribution < 1.29 is 8.42 Å². The fraction of sp³-hybridized carbons (Fsp3) is 0.538. The van der Waals surface area contributed by atoms with Crippen molar-refractivity contribution in [2.24, 2.45) is 0 Å². The van der Waals surface area contributed by atoms with Gasteiger partial charge in [-0.1, -0.05) is 0 Å². The summed E-state index contributed by atoms with van der Waals surface area (Å²) in [6, 6.07) is 7.68. The molecule has 4 nitrogen and oxygen atoms in total. The van der Waals surface area contributed by atoms with E-state index in [1.165, 1.54) is 0 Å². The molecule has 0 saturated carbocycles. The molecule has 1 aliphatic rings. The number of rotatable bonds is 4. The normalized spacial score (nSPS) is 16.7. The van der Waals surface area contributed by atoms with Gasteiger partial charge in [0.15, 0.2) is 9.84 Å². The summed E-state index contributed by atoms with van der Waals surface area (Å²) >= 11 is 0. The summed E-state index contributed by atoms with van der Waals surface area (Å²) in [7, 11) is -1.12. The van der Waals surface area contributed by atoms with Crippen LogP contribution >= 0.6 is 0 Å². The molecule has 1 aliphatic heterocycles. The minimum Gasteiger partial charge on any atom is -0.369 e. The predicted octanol–water partition coefficient (Wildman–Crippen LogP) is 1.28. The van der Waals surface area contributed by atoms with E-state index in [0.29, 0.717) is 10.9 Å². The van der Waals surface area contributed by atoms with E-state index >= 15 is 0 Å². The molecule has 0 amide bonds. The highest BCUT2D eigenvalue weighted by molar-refractivity contribution is 7.92. The van der Waals surface area contributed by atoms with Gasteiger partial charge >= 0.3 is 0 Å². The zero-order valence-corrected chi connectivity index (χ0v) is 11.9. The number of anilines is 1. The molecule has 2 rings (SSSR count). The fourth-order valence-corrected chi connectivity index (χ4v) is 2.96. The molecule has 1 N–H and O–H groups in total. The lowest BCUT2D eigenvalue weighted by Gasteiger charge is -2.37. The van der Waals surface area contributed by atoms with Gasteiger partial charge in [-0.15, -0.1) is 0 Å². The van der Waals surface area contributed by atoms with Gasteiger partial charge in [0.1, 0.15) is 0 Å². The second kappa shape index (κ2) is 4.90. The van der Waals surface area contributed by atoms with Gasteiger partial charge in [0, 0.05) is 25.8 Å². The van der Waals surface area contributed by atoms with Gasteiger partial charge in [0.05, 0.1) is 16.2 Å². The Kier molecular flexibility index (Phi) is 3.64. The van der Waals surface area contributed by atoms with Crippen molar-refractivity contribution in [3.8, 4) is 0 Å². The van der Waals surface area contributed by atoms with Crippen molar-refractivity contribution in [1.29, 1.82) is 0 Å². The maximum absolute atomic E-state index is 12.0. The molecule has 0 unspecified atom stereocenters. The third-order valence-electron chi connectivity index (χ3n) is 3.50. The molecule has 0 aromatic heterocycles. The third kappa shape index (κ3) is 2.37. The molecule has 0 bridgehead atoms. The molecule has 1 saturated heterocycles. The number of hydrogen-bond donors (Lipinski definition) is 1. The molecule has 1 heterocycles. The Labute approximate surface area is 109 Å². The number of nitrogens with zero attached hydrogens (tertiary/aromatic N) is 1. The van der Waals surface area contributed by atoms with Crippen LogP contribution in [0.15, 0.2) is 29.2 Å². The zero-order valence-electron chi connectivity index (χ0n) is 11.1. The minimum absolute atomic E-state index is 0.378. The third-order valence-corrected chi connectivity index (χ3v) is 5.67. The second-order valence-corrected chi connectivity index (χ2v) is 7.51. The molecular formula is C13H20N2O2S. The Bertz CT molecular complexity index is 504. The van der Waals surface area contributed by atoms with E-state index in [-0.39, 0.29) is 5.25 Å². The molecule has 0 spiro atoms. The predicted molar refractivity (Wildman–Crippen MR) is 73.8 cm³/mol. The van der Waals surface area contributed by atoms with Crippen LogP contribution < -0.4 is 10.2 Å². The summed E-state index contributed by atoms with van der Waals surface area (Å²) in [6.45, 7) is 5.38. The van der Waals surface area contributed by atoms with Crippen molar-refractivity contribution in [3.05, 3.63) is 24.3 Å². The second-order valence-electron chi connectivity index (χ2n) is 5.01. The smallest absolute Gasteiger partial charge is 0.180 e. The van der Waals surface area contributed by atoms with Crippen LogP contribution in [0.5, 0.6) is 0 Å². The maximum atomic E-state index is 12.0. The quantitative estimate of drug-likeness (QED) is 0.893. The van der Waals surface area contributed by atoms with Crippen molar-refractivity contribution in [1.82, 2.24) is 5.32 Å². The summed E-state index contributed by atoms with van der Waals surface area (Å²) in [4.78, 5) is 2.59. The first-order valence-electron chi connectivity index (χ1n) is 6.20. The van der Waals surface area contributed by atoms with Crippen LogP contribution in [0, 0.1) is 0 Å². The Morgan fingerprint density at radius 3 is 2.17 bits per heavy atom. The Hall–Kier alpha value is -1.07. The molecule has 1 aromatic carbocycles. The van der Waals surface area contributed by atoms with Gasteiger partial charge < -0.3 is 10.2 Å². The maximum Gasteiger partial charge on any atom is 0.180 e. The van der Waals surface area contributed by atoms with Crippen LogP contribution in [-0.4, -0.2) is 39.8 Å². The van der Waals surface area contributed by atoms with Crippen LogP contribution in [0.4, 0.5) is 5.69 Å². The molecule has 18 heavy (non-hydrogen) atoms. The van der Waals surface area contributed by atoms with E-state index in [2.05, 4.69) is 10.2 Å². The van der Waals surface area contributed by atoms with Crippen LogP contribution in [-0.2, 0) is 9.84 Å². The molecule has 1 aromatic rings. The summed E-state index contributed by atoms with van der Waals surface area (Å²) in [5.41, 5.74) is 1.06. The Morgan fingerprint density at radius 2 is 1.78 bits per heavy atom. The van der Waals surface area contributed by atoms with E-state index in [1.54, 1.807) is 26.0 Å². The summed E-state index contributed by atoms with van der Waals surface area (Å²) in [5, 5.41) is 2.85. The molecule has 0 radical (unpaired) electrons. The van der Waals surface area contributed by atoms with E-state index in [4.69, 9.17) is 0 Å². The van der Waals surface area contributed by atoms with Gasteiger partial charge in [0.25, 0.3) is 0 Å². The van der Waals surface area contributed by atoms with Crippen LogP contribution in [0.25, 0.3) is 0 Å². The van der Waals surface area contributed by atoms with Gasteiger partial charge in [0.2, 0.25) is 0 Å². The first kappa shape index (κ1) is 13.4. The van der Waals surface area contributed by atoms with E-state index in [9.17, 15) is 8.42 Å². The Morgan fingerprint density at radius 1 is 1.22 bits per heavy atom. The van der Waals surface area contributed by atoms with Crippen molar-refractivity contribution in [3.63, 3.8) is 0 Å². The molecule has 1 fully saturated rings. The number of sulfone groups is 1. The fourth-order valence-electron chi connectivity index (χ4n) is 1.90. The van der Waals surface area contributed by atoms with Crippen molar-refractivity contribution in [2.75, 3.05) is 25.0 Å². The van der Waals surface area contributed by atoms with E-state index in [0.717, 1.165) is 18.8 Å². The number of nitrogens with one attached hydrogen (secondary N) is 1. The van der Waals surface area contributed by atoms with Crippen LogP contribution in [0.2, 0.25) is 0 Å². The lowest BCUT2D eigenvalue weighted by Crippen LogP contribution is -2.56. The first-order valence-corrected chi connectivity index (χ1v) is 7.75. The molecular weight excluding hydrogens is 248 g/mol. The molecule has 0 atom stereocenters. The first-order chi connectivity index (χ1) is 8.43.